The zero-order valence-electron chi connectivity index (χ0n) is 15.4. The molecule has 0 atom stereocenters. The van der Waals surface area contributed by atoms with Gasteiger partial charge in [0.05, 0.1) is 23.1 Å². The first-order valence-corrected chi connectivity index (χ1v) is 9.08. The molecule has 0 aliphatic carbocycles. The first kappa shape index (κ1) is 18.7. The molecule has 1 amide bonds. The van der Waals surface area contributed by atoms with Crippen molar-refractivity contribution in [2.75, 3.05) is 36.4 Å². The molecule has 0 spiro atoms. The van der Waals surface area contributed by atoms with Crippen LogP contribution in [-0.2, 0) is 0 Å². The Labute approximate surface area is 166 Å². The van der Waals surface area contributed by atoms with E-state index in [0.29, 0.717) is 43.4 Å². The molecule has 4 rings (SSSR count). The predicted octanol–water partition coefficient (Wildman–Crippen LogP) is 2.86. The number of pyridine rings is 1. The number of halogens is 2. The fraction of sp³-hybridized carbons (Fsp3) is 0.200. The van der Waals surface area contributed by atoms with Gasteiger partial charge in [0.2, 0.25) is 5.95 Å². The second-order valence-corrected chi connectivity index (χ2v) is 6.54. The van der Waals surface area contributed by atoms with Crippen LogP contribution in [-0.4, -0.2) is 51.9 Å². The topological polar surface area (TPSA) is 74.2 Å². The van der Waals surface area contributed by atoms with Gasteiger partial charge in [-0.2, -0.15) is 0 Å². The highest BCUT2D eigenvalue weighted by molar-refractivity contribution is 5.95. The van der Waals surface area contributed by atoms with Crippen LogP contribution in [0.15, 0.2) is 55.1 Å². The van der Waals surface area contributed by atoms with E-state index >= 15 is 0 Å². The van der Waals surface area contributed by atoms with Crippen molar-refractivity contribution in [2.24, 2.45) is 0 Å². The van der Waals surface area contributed by atoms with E-state index in [-0.39, 0.29) is 11.6 Å². The largest absolute Gasteiger partial charge is 0.352 e. The van der Waals surface area contributed by atoms with E-state index in [1.54, 1.807) is 29.4 Å². The van der Waals surface area contributed by atoms with Crippen LogP contribution in [0.2, 0.25) is 0 Å². The normalized spacial score (nSPS) is 14.0. The Morgan fingerprint density at radius 2 is 1.76 bits per heavy atom. The van der Waals surface area contributed by atoms with Gasteiger partial charge in [-0.3, -0.25) is 9.78 Å². The number of hydrogen-bond donors (Lipinski definition) is 1. The van der Waals surface area contributed by atoms with Gasteiger partial charge in [-0.05, 0) is 24.3 Å². The molecule has 0 unspecified atom stereocenters. The second kappa shape index (κ2) is 8.17. The Hall–Kier alpha value is -3.62. The number of rotatable bonds is 4. The first-order chi connectivity index (χ1) is 14.1. The van der Waals surface area contributed by atoms with Crippen LogP contribution in [0.1, 0.15) is 10.4 Å². The van der Waals surface area contributed by atoms with E-state index in [9.17, 15) is 13.6 Å². The number of aromatic nitrogens is 3. The van der Waals surface area contributed by atoms with E-state index in [2.05, 4.69) is 20.3 Å². The van der Waals surface area contributed by atoms with Crippen molar-refractivity contribution in [2.45, 2.75) is 0 Å². The number of nitrogens with one attached hydrogen (secondary N) is 1. The molecule has 3 aromatic rings. The minimum atomic E-state index is -0.721. The lowest BCUT2D eigenvalue weighted by atomic mass is 10.2. The number of carbonyl (C=O) groups is 1. The van der Waals surface area contributed by atoms with Crippen LogP contribution in [0.25, 0.3) is 0 Å². The monoisotopic (exact) mass is 396 g/mol. The molecule has 0 saturated carbocycles. The average molecular weight is 396 g/mol. The molecular weight excluding hydrogens is 378 g/mol. The van der Waals surface area contributed by atoms with Gasteiger partial charge in [0.1, 0.15) is 11.6 Å². The highest BCUT2D eigenvalue weighted by Crippen LogP contribution is 2.21. The molecule has 1 aliphatic heterocycles. The van der Waals surface area contributed by atoms with Gasteiger partial charge in [-0.15, -0.1) is 0 Å². The Morgan fingerprint density at radius 3 is 2.48 bits per heavy atom. The van der Waals surface area contributed by atoms with Gasteiger partial charge in [0.15, 0.2) is 0 Å². The molecule has 29 heavy (non-hydrogen) atoms. The molecule has 1 fully saturated rings. The SMILES string of the molecule is O=C(c1cncc(Nc2ccc(F)cc2F)c1)N1CCN(c2ncccn2)CC1. The summed E-state index contributed by atoms with van der Waals surface area (Å²) in [6, 6.07) is 6.61. The Kier molecular flexibility index (Phi) is 5.28. The van der Waals surface area contributed by atoms with Crippen molar-refractivity contribution in [3.8, 4) is 0 Å². The maximum absolute atomic E-state index is 13.8. The maximum Gasteiger partial charge on any atom is 0.255 e. The number of benzene rings is 1. The van der Waals surface area contributed by atoms with Crippen molar-refractivity contribution in [1.82, 2.24) is 19.9 Å². The molecule has 1 aromatic carbocycles. The molecule has 148 valence electrons. The van der Waals surface area contributed by atoms with Crippen molar-refractivity contribution in [3.63, 3.8) is 0 Å². The summed E-state index contributed by atoms with van der Waals surface area (Å²) in [7, 11) is 0. The van der Waals surface area contributed by atoms with E-state index in [0.717, 1.165) is 12.1 Å². The van der Waals surface area contributed by atoms with Crippen molar-refractivity contribution >= 4 is 23.2 Å². The summed E-state index contributed by atoms with van der Waals surface area (Å²) < 4.78 is 26.9. The number of amides is 1. The molecule has 7 nitrogen and oxygen atoms in total. The fourth-order valence-electron chi connectivity index (χ4n) is 3.12. The molecule has 1 saturated heterocycles. The molecule has 0 radical (unpaired) electrons. The minimum absolute atomic E-state index is 0.106. The Morgan fingerprint density at radius 1 is 1.00 bits per heavy atom. The Bertz CT molecular complexity index is 1010. The number of hydrogen-bond acceptors (Lipinski definition) is 6. The second-order valence-electron chi connectivity index (χ2n) is 6.54. The third kappa shape index (κ3) is 4.29. The third-order valence-electron chi connectivity index (χ3n) is 4.60. The van der Waals surface area contributed by atoms with E-state index in [1.165, 1.54) is 18.5 Å². The van der Waals surface area contributed by atoms with E-state index < -0.39 is 11.6 Å². The molecule has 1 N–H and O–H groups in total. The van der Waals surface area contributed by atoms with Gasteiger partial charge in [-0.25, -0.2) is 18.7 Å². The van der Waals surface area contributed by atoms with Crippen LogP contribution < -0.4 is 10.2 Å². The zero-order chi connectivity index (χ0) is 20.2. The van der Waals surface area contributed by atoms with Crippen LogP contribution in [0.5, 0.6) is 0 Å². The molecule has 1 aliphatic rings. The van der Waals surface area contributed by atoms with Crippen molar-refractivity contribution in [1.29, 1.82) is 0 Å². The molecule has 0 bridgehead atoms. The lowest BCUT2D eigenvalue weighted by Crippen LogP contribution is -2.49. The number of anilines is 3. The summed E-state index contributed by atoms with van der Waals surface area (Å²) in [5.41, 5.74) is 0.939. The summed E-state index contributed by atoms with van der Waals surface area (Å²) in [5, 5.41) is 2.83. The molecular formula is C20H18F2N6O. The first-order valence-electron chi connectivity index (χ1n) is 9.08. The van der Waals surface area contributed by atoms with Crippen molar-refractivity contribution in [3.05, 3.63) is 72.3 Å². The van der Waals surface area contributed by atoms with Gasteiger partial charge in [0.25, 0.3) is 5.91 Å². The summed E-state index contributed by atoms with van der Waals surface area (Å²) in [6.45, 7) is 2.31. The quantitative estimate of drug-likeness (QED) is 0.731. The highest BCUT2D eigenvalue weighted by atomic mass is 19.1. The van der Waals surface area contributed by atoms with E-state index in [4.69, 9.17) is 0 Å². The number of piperazine rings is 1. The summed E-state index contributed by atoms with van der Waals surface area (Å²) in [4.78, 5) is 29.1. The van der Waals surface area contributed by atoms with Crippen LogP contribution in [0.3, 0.4) is 0 Å². The summed E-state index contributed by atoms with van der Waals surface area (Å²) in [6.07, 6.45) is 6.33. The van der Waals surface area contributed by atoms with Crippen LogP contribution >= 0.6 is 0 Å². The van der Waals surface area contributed by atoms with Crippen LogP contribution in [0, 0.1) is 11.6 Å². The fourth-order valence-corrected chi connectivity index (χ4v) is 3.12. The third-order valence-corrected chi connectivity index (χ3v) is 4.60. The zero-order valence-corrected chi connectivity index (χ0v) is 15.4. The standard InChI is InChI=1S/C20H18F2N6O/c21-15-2-3-18(17(22)11-15)26-16-10-14(12-23-13-16)19(29)27-6-8-28(9-7-27)20-24-4-1-5-25-20/h1-5,10-13,26H,6-9H2. The molecule has 3 heterocycles. The van der Waals surface area contributed by atoms with Gasteiger partial charge in [-0.1, -0.05) is 0 Å². The summed E-state index contributed by atoms with van der Waals surface area (Å²) >= 11 is 0. The van der Waals surface area contributed by atoms with Gasteiger partial charge < -0.3 is 15.1 Å². The number of carbonyl (C=O) groups excluding carboxylic acids is 1. The summed E-state index contributed by atoms with van der Waals surface area (Å²) in [5.74, 6) is -0.890. The maximum atomic E-state index is 13.8. The minimum Gasteiger partial charge on any atom is -0.352 e. The lowest BCUT2D eigenvalue weighted by Gasteiger charge is -2.34. The molecule has 9 heteroatoms. The average Bonchev–Trinajstić information content (AvgIpc) is 2.76. The van der Waals surface area contributed by atoms with E-state index in [1.807, 2.05) is 4.90 Å². The predicted molar refractivity (Wildman–Crippen MR) is 104 cm³/mol. The van der Waals surface area contributed by atoms with Gasteiger partial charge in [0, 0.05) is 50.8 Å². The van der Waals surface area contributed by atoms with Crippen LogP contribution in [0.4, 0.5) is 26.1 Å². The van der Waals surface area contributed by atoms with Gasteiger partial charge >= 0.3 is 0 Å². The Balaban J connectivity index is 1.42. The molecule has 2 aromatic heterocycles. The highest BCUT2D eigenvalue weighted by Gasteiger charge is 2.23. The lowest BCUT2D eigenvalue weighted by molar-refractivity contribution is 0.0746. The smallest absolute Gasteiger partial charge is 0.255 e. The number of nitrogens with zero attached hydrogens (tertiary/aromatic N) is 5. The van der Waals surface area contributed by atoms with Crippen molar-refractivity contribution < 1.29 is 13.6 Å².